The van der Waals surface area contributed by atoms with Gasteiger partial charge in [0.25, 0.3) is 0 Å². The summed E-state index contributed by atoms with van der Waals surface area (Å²) in [5, 5.41) is 18.3. The molecule has 0 aliphatic heterocycles. The van der Waals surface area contributed by atoms with E-state index in [-0.39, 0.29) is 12.2 Å². The molecule has 2 aromatic carbocycles. The Morgan fingerprint density at radius 2 is 1.82 bits per heavy atom. The molecule has 0 spiro atoms. The second-order valence-corrected chi connectivity index (χ2v) is 3.78. The zero-order chi connectivity index (χ0) is 12.3. The SMILES string of the molecule is O=C(O)Cc1ccccc1-c1cccc(O)c1. The van der Waals surface area contributed by atoms with Gasteiger partial charge in [-0.2, -0.15) is 0 Å². The van der Waals surface area contributed by atoms with Gasteiger partial charge in [-0.15, -0.1) is 0 Å². The Balaban J connectivity index is 2.47. The molecule has 3 nitrogen and oxygen atoms in total. The number of hydrogen-bond acceptors (Lipinski definition) is 2. The molecule has 2 rings (SSSR count). The Kier molecular flexibility index (Phi) is 3.10. The van der Waals surface area contributed by atoms with Gasteiger partial charge in [0.1, 0.15) is 5.75 Å². The quantitative estimate of drug-likeness (QED) is 0.849. The van der Waals surface area contributed by atoms with Crippen molar-refractivity contribution in [1.29, 1.82) is 0 Å². The van der Waals surface area contributed by atoms with E-state index in [1.165, 1.54) is 0 Å². The monoisotopic (exact) mass is 228 g/mol. The lowest BCUT2D eigenvalue weighted by molar-refractivity contribution is -0.136. The summed E-state index contributed by atoms with van der Waals surface area (Å²) in [6.45, 7) is 0. The zero-order valence-electron chi connectivity index (χ0n) is 9.13. The second kappa shape index (κ2) is 4.70. The van der Waals surface area contributed by atoms with E-state index in [0.29, 0.717) is 0 Å². The Morgan fingerprint density at radius 1 is 1.06 bits per heavy atom. The molecule has 3 heteroatoms. The summed E-state index contributed by atoms with van der Waals surface area (Å²) >= 11 is 0. The second-order valence-electron chi connectivity index (χ2n) is 3.78. The average molecular weight is 228 g/mol. The van der Waals surface area contributed by atoms with E-state index in [9.17, 15) is 9.90 Å². The molecule has 2 N–H and O–H groups in total. The van der Waals surface area contributed by atoms with Gasteiger partial charge in [-0.25, -0.2) is 0 Å². The topological polar surface area (TPSA) is 57.5 Å². The molecule has 0 aromatic heterocycles. The van der Waals surface area contributed by atoms with Gasteiger partial charge < -0.3 is 10.2 Å². The minimum atomic E-state index is -0.863. The number of carboxylic acid groups (broad SMARTS) is 1. The van der Waals surface area contributed by atoms with Gasteiger partial charge in [0.15, 0.2) is 0 Å². The highest BCUT2D eigenvalue weighted by molar-refractivity contribution is 5.77. The highest BCUT2D eigenvalue weighted by atomic mass is 16.4. The molecule has 0 bridgehead atoms. The molecule has 0 saturated heterocycles. The van der Waals surface area contributed by atoms with Crippen molar-refractivity contribution in [3.63, 3.8) is 0 Å². The Labute approximate surface area is 99.0 Å². The first kappa shape index (κ1) is 11.2. The molecular formula is C14H12O3. The Bertz CT molecular complexity index is 547. The normalized spacial score (nSPS) is 10.1. The number of benzene rings is 2. The van der Waals surface area contributed by atoms with E-state index in [1.54, 1.807) is 24.3 Å². The van der Waals surface area contributed by atoms with Crippen LogP contribution in [-0.2, 0) is 11.2 Å². The minimum Gasteiger partial charge on any atom is -0.508 e. The molecule has 0 heterocycles. The molecule has 2 aromatic rings. The van der Waals surface area contributed by atoms with Crippen molar-refractivity contribution >= 4 is 5.97 Å². The number of phenols is 1. The fourth-order valence-electron chi connectivity index (χ4n) is 1.79. The van der Waals surface area contributed by atoms with Crippen molar-refractivity contribution in [2.45, 2.75) is 6.42 Å². The molecule has 0 aliphatic rings. The van der Waals surface area contributed by atoms with Gasteiger partial charge in [-0.1, -0.05) is 36.4 Å². The lowest BCUT2D eigenvalue weighted by Gasteiger charge is -2.08. The van der Waals surface area contributed by atoms with E-state index < -0.39 is 5.97 Å². The standard InChI is InChI=1S/C14H12O3/c15-12-6-3-5-10(8-12)13-7-2-1-4-11(13)9-14(16)17/h1-8,15H,9H2,(H,16,17). The number of rotatable bonds is 3. The third kappa shape index (κ3) is 2.64. The summed E-state index contributed by atoms with van der Waals surface area (Å²) in [7, 11) is 0. The lowest BCUT2D eigenvalue weighted by Crippen LogP contribution is -2.01. The molecule has 0 unspecified atom stereocenters. The van der Waals surface area contributed by atoms with Crippen LogP contribution in [0.2, 0.25) is 0 Å². The first-order valence-electron chi connectivity index (χ1n) is 5.26. The summed E-state index contributed by atoms with van der Waals surface area (Å²) in [6, 6.07) is 14.1. The highest BCUT2D eigenvalue weighted by Crippen LogP contribution is 2.26. The molecule has 17 heavy (non-hydrogen) atoms. The van der Waals surface area contributed by atoms with Crippen LogP contribution in [-0.4, -0.2) is 16.2 Å². The largest absolute Gasteiger partial charge is 0.508 e. The van der Waals surface area contributed by atoms with Crippen molar-refractivity contribution in [2.24, 2.45) is 0 Å². The van der Waals surface area contributed by atoms with Crippen molar-refractivity contribution < 1.29 is 15.0 Å². The van der Waals surface area contributed by atoms with Crippen LogP contribution < -0.4 is 0 Å². The summed E-state index contributed by atoms with van der Waals surface area (Å²) in [5.74, 6) is -0.690. The first-order chi connectivity index (χ1) is 8.16. The van der Waals surface area contributed by atoms with Crippen molar-refractivity contribution in [3.05, 3.63) is 54.1 Å². The zero-order valence-corrected chi connectivity index (χ0v) is 9.13. The van der Waals surface area contributed by atoms with E-state index in [2.05, 4.69) is 0 Å². The molecular weight excluding hydrogens is 216 g/mol. The van der Waals surface area contributed by atoms with Crippen LogP contribution in [0.4, 0.5) is 0 Å². The van der Waals surface area contributed by atoms with Crippen molar-refractivity contribution in [1.82, 2.24) is 0 Å². The number of carboxylic acids is 1. The van der Waals surface area contributed by atoms with E-state index in [1.807, 2.05) is 24.3 Å². The summed E-state index contributed by atoms with van der Waals surface area (Å²) < 4.78 is 0. The maximum absolute atomic E-state index is 10.8. The molecule has 0 radical (unpaired) electrons. The molecule has 0 saturated carbocycles. The van der Waals surface area contributed by atoms with Gasteiger partial charge in [0.05, 0.1) is 6.42 Å². The fraction of sp³-hybridized carbons (Fsp3) is 0.0714. The number of aromatic hydroxyl groups is 1. The van der Waals surface area contributed by atoms with Crippen LogP contribution in [0.25, 0.3) is 11.1 Å². The molecule has 0 amide bonds. The fourth-order valence-corrected chi connectivity index (χ4v) is 1.79. The van der Waals surface area contributed by atoms with Crippen LogP contribution in [0.3, 0.4) is 0 Å². The molecule has 0 atom stereocenters. The Morgan fingerprint density at radius 3 is 2.53 bits per heavy atom. The Hall–Kier alpha value is -2.29. The van der Waals surface area contributed by atoms with Crippen molar-refractivity contribution in [2.75, 3.05) is 0 Å². The smallest absolute Gasteiger partial charge is 0.307 e. The predicted octanol–water partition coefficient (Wildman–Crippen LogP) is 2.69. The van der Waals surface area contributed by atoms with Gasteiger partial charge in [0.2, 0.25) is 0 Å². The van der Waals surface area contributed by atoms with Crippen LogP contribution in [0.15, 0.2) is 48.5 Å². The predicted molar refractivity (Wildman–Crippen MR) is 64.9 cm³/mol. The van der Waals surface area contributed by atoms with Gasteiger partial charge in [-0.05, 0) is 28.8 Å². The van der Waals surface area contributed by atoms with E-state index in [4.69, 9.17) is 5.11 Å². The van der Waals surface area contributed by atoms with Crippen LogP contribution in [0.1, 0.15) is 5.56 Å². The first-order valence-corrected chi connectivity index (χ1v) is 5.26. The van der Waals surface area contributed by atoms with Gasteiger partial charge in [-0.3, -0.25) is 4.79 Å². The van der Waals surface area contributed by atoms with Crippen LogP contribution in [0, 0.1) is 0 Å². The van der Waals surface area contributed by atoms with E-state index in [0.717, 1.165) is 16.7 Å². The van der Waals surface area contributed by atoms with Gasteiger partial charge >= 0.3 is 5.97 Å². The number of aliphatic carboxylic acids is 1. The molecule has 86 valence electrons. The highest BCUT2D eigenvalue weighted by Gasteiger charge is 2.08. The van der Waals surface area contributed by atoms with Gasteiger partial charge in [0, 0.05) is 0 Å². The third-order valence-corrected chi connectivity index (χ3v) is 2.52. The van der Waals surface area contributed by atoms with Crippen molar-refractivity contribution in [3.8, 4) is 16.9 Å². The third-order valence-electron chi connectivity index (χ3n) is 2.52. The lowest BCUT2D eigenvalue weighted by atomic mass is 9.98. The molecule has 0 aliphatic carbocycles. The van der Waals surface area contributed by atoms with Crippen LogP contribution in [0.5, 0.6) is 5.75 Å². The van der Waals surface area contributed by atoms with Crippen LogP contribution >= 0.6 is 0 Å². The maximum Gasteiger partial charge on any atom is 0.307 e. The number of hydrogen-bond donors (Lipinski definition) is 2. The van der Waals surface area contributed by atoms with E-state index >= 15 is 0 Å². The number of phenolic OH excluding ortho intramolecular Hbond substituents is 1. The maximum atomic E-state index is 10.8. The average Bonchev–Trinajstić information content (AvgIpc) is 2.29. The summed E-state index contributed by atoms with van der Waals surface area (Å²) in [6.07, 6.45) is -0.0220. The summed E-state index contributed by atoms with van der Waals surface area (Å²) in [4.78, 5) is 10.8. The minimum absolute atomic E-state index is 0.0220. The number of carbonyl (C=O) groups is 1. The summed E-state index contributed by atoms with van der Waals surface area (Å²) in [5.41, 5.74) is 2.40. The molecule has 0 fully saturated rings.